The van der Waals surface area contributed by atoms with Crippen LogP contribution in [0.2, 0.25) is 0 Å². The summed E-state index contributed by atoms with van der Waals surface area (Å²) < 4.78 is 32.9. The molecular formula is C26H20F2N4O3. The molecule has 0 bridgehead atoms. The lowest BCUT2D eigenvalue weighted by Crippen LogP contribution is -2.43. The molecule has 1 atom stereocenters. The topological polar surface area (TPSA) is 99.2 Å². The molecule has 1 saturated heterocycles. The number of likely N-dealkylation sites (tertiary alicyclic amines) is 1. The van der Waals surface area contributed by atoms with Gasteiger partial charge in [-0.1, -0.05) is 18.2 Å². The van der Waals surface area contributed by atoms with Crippen LogP contribution in [0.1, 0.15) is 22.3 Å². The van der Waals surface area contributed by atoms with Gasteiger partial charge in [-0.15, -0.1) is 0 Å². The maximum absolute atomic E-state index is 13.7. The number of carbonyl (C=O) groups excluding carboxylic acids is 2. The van der Waals surface area contributed by atoms with E-state index in [4.69, 9.17) is 9.68 Å². The largest absolute Gasteiger partial charge is 0.464 e. The van der Waals surface area contributed by atoms with E-state index in [0.29, 0.717) is 16.5 Å². The lowest BCUT2D eigenvalue weighted by Gasteiger charge is -2.19. The molecule has 9 heteroatoms. The van der Waals surface area contributed by atoms with E-state index in [1.807, 2.05) is 37.3 Å². The number of alkyl halides is 2. The van der Waals surface area contributed by atoms with Gasteiger partial charge in [0.2, 0.25) is 5.91 Å². The minimum Gasteiger partial charge on any atom is -0.464 e. The number of pyridine rings is 1. The van der Waals surface area contributed by atoms with E-state index in [1.54, 1.807) is 18.4 Å². The van der Waals surface area contributed by atoms with Gasteiger partial charge >= 0.3 is 0 Å². The second kappa shape index (κ2) is 8.47. The number of furan rings is 1. The fourth-order valence-electron chi connectivity index (χ4n) is 4.41. The molecule has 5 rings (SSSR count). The number of hydrogen-bond acceptors (Lipinski definition) is 5. The van der Waals surface area contributed by atoms with Crippen molar-refractivity contribution in [2.75, 3.05) is 13.1 Å². The van der Waals surface area contributed by atoms with Crippen LogP contribution >= 0.6 is 0 Å². The fraction of sp³-hybridized carbons (Fsp3) is 0.231. The Morgan fingerprint density at radius 1 is 1.20 bits per heavy atom. The van der Waals surface area contributed by atoms with Gasteiger partial charge in [-0.3, -0.25) is 14.6 Å². The molecule has 0 spiro atoms. The fourth-order valence-corrected chi connectivity index (χ4v) is 4.41. The Morgan fingerprint density at radius 2 is 1.97 bits per heavy atom. The maximum atomic E-state index is 13.7. The zero-order valence-corrected chi connectivity index (χ0v) is 18.7. The van der Waals surface area contributed by atoms with Gasteiger partial charge in [0.25, 0.3) is 11.8 Å². The Labute approximate surface area is 199 Å². The highest BCUT2D eigenvalue weighted by molar-refractivity contribution is 6.07. The molecule has 2 amide bonds. The number of nitrogens with zero attached hydrogens (tertiary/aromatic N) is 3. The SMILES string of the molecule is Cc1coc2cc(-c3ccc4nccc(C(=O)NCC(=O)N5CC(F)(F)C[C@H]5C#N)c4c3)ccc12. The first kappa shape index (κ1) is 22.5. The molecule has 1 fully saturated rings. The molecule has 0 radical (unpaired) electrons. The Hall–Kier alpha value is -4.32. The van der Waals surface area contributed by atoms with Crippen LogP contribution in [0.25, 0.3) is 33.0 Å². The van der Waals surface area contributed by atoms with Crippen LogP contribution in [0.15, 0.2) is 59.3 Å². The van der Waals surface area contributed by atoms with E-state index in [1.165, 1.54) is 12.3 Å². The second-order valence-corrected chi connectivity index (χ2v) is 8.63. The molecule has 1 aliphatic rings. The van der Waals surface area contributed by atoms with E-state index >= 15 is 0 Å². The third-order valence-corrected chi connectivity index (χ3v) is 6.23. The molecule has 4 aromatic rings. The average Bonchev–Trinajstić information content (AvgIpc) is 3.39. The summed E-state index contributed by atoms with van der Waals surface area (Å²) >= 11 is 0. The number of hydrogen-bond donors (Lipinski definition) is 1. The van der Waals surface area contributed by atoms with Crippen molar-refractivity contribution in [2.24, 2.45) is 0 Å². The summed E-state index contributed by atoms with van der Waals surface area (Å²) in [6, 6.07) is 13.5. The number of carbonyl (C=O) groups is 2. The summed E-state index contributed by atoms with van der Waals surface area (Å²) in [5.74, 6) is -4.39. The highest BCUT2D eigenvalue weighted by atomic mass is 19.3. The molecule has 35 heavy (non-hydrogen) atoms. The summed E-state index contributed by atoms with van der Waals surface area (Å²) in [6.45, 7) is 0.644. The van der Waals surface area contributed by atoms with Crippen molar-refractivity contribution in [2.45, 2.75) is 25.3 Å². The molecule has 1 N–H and O–H groups in total. The molecular weight excluding hydrogens is 454 g/mol. The standard InChI is InChI=1S/C26H20F2N4O3/c1-15-13-35-23-9-17(2-4-19(15)23)16-3-5-22-21(8-16)20(6-7-30-22)25(34)31-12-24(33)32-14-26(27,28)10-18(32)11-29/h2-9,13,18H,10,12,14H2,1H3,(H,31,34)/t18-/m0/s1. The van der Waals surface area contributed by atoms with Gasteiger partial charge in [-0.2, -0.15) is 5.26 Å². The van der Waals surface area contributed by atoms with Crippen LogP contribution in [0.3, 0.4) is 0 Å². The number of halogens is 2. The number of nitriles is 1. The van der Waals surface area contributed by atoms with Gasteiger partial charge in [0.15, 0.2) is 0 Å². The summed E-state index contributed by atoms with van der Waals surface area (Å²) in [4.78, 5) is 30.5. The molecule has 0 aliphatic carbocycles. The van der Waals surface area contributed by atoms with Crippen LogP contribution in [-0.2, 0) is 4.79 Å². The van der Waals surface area contributed by atoms with Gasteiger partial charge in [0.1, 0.15) is 11.6 Å². The van der Waals surface area contributed by atoms with Crippen LogP contribution in [0.4, 0.5) is 8.78 Å². The first-order valence-corrected chi connectivity index (χ1v) is 11.0. The first-order chi connectivity index (χ1) is 16.8. The number of benzene rings is 2. The van der Waals surface area contributed by atoms with Crippen molar-refractivity contribution in [3.8, 4) is 17.2 Å². The number of amides is 2. The number of aryl methyl sites for hydroxylation is 1. The van der Waals surface area contributed by atoms with Gasteiger partial charge in [0.05, 0.1) is 36.5 Å². The predicted octanol–water partition coefficient (Wildman–Crippen LogP) is 4.45. The summed E-state index contributed by atoms with van der Waals surface area (Å²) in [7, 11) is 0. The highest BCUT2D eigenvalue weighted by Crippen LogP contribution is 2.32. The zero-order valence-electron chi connectivity index (χ0n) is 18.7. The zero-order chi connectivity index (χ0) is 24.7. The minimum absolute atomic E-state index is 0.295. The average molecular weight is 474 g/mol. The van der Waals surface area contributed by atoms with Crippen molar-refractivity contribution in [1.82, 2.24) is 15.2 Å². The Morgan fingerprint density at radius 3 is 2.77 bits per heavy atom. The van der Waals surface area contributed by atoms with E-state index in [9.17, 15) is 18.4 Å². The van der Waals surface area contributed by atoms with Gasteiger partial charge in [0, 0.05) is 23.4 Å². The monoisotopic (exact) mass is 474 g/mol. The minimum atomic E-state index is -3.12. The Balaban J connectivity index is 1.39. The maximum Gasteiger partial charge on any atom is 0.268 e. The van der Waals surface area contributed by atoms with E-state index in [0.717, 1.165) is 32.6 Å². The summed E-state index contributed by atoms with van der Waals surface area (Å²) in [6.07, 6.45) is 2.48. The van der Waals surface area contributed by atoms with Crippen LogP contribution in [-0.4, -0.2) is 46.8 Å². The van der Waals surface area contributed by atoms with Crippen LogP contribution in [0.5, 0.6) is 0 Å². The summed E-state index contributed by atoms with van der Waals surface area (Å²) in [5.41, 5.74) is 4.43. The predicted molar refractivity (Wildman–Crippen MR) is 125 cm³/mol. The highest BCUT2D eigenvalue weighted by Gasteiger charge is 2.47. The summed E-state index contributed by atoms with van der Waals surface area (Å²) in [5, 5.41) is 13.2. The second-order valence-electron chi connectivity index (χ2n) is 8.63. The van der Waals surface area contributed by atoms with E-state index in [-0.39, 0.29) is 0 Å². The Kier molecular flexibility index (Phi) is 5.44. The van der Waals surface area contributed by atoms with Crippen LogP contribution in [0, 0.1) is 18.3 Å². The van der Waals surface area contributed by atoms with Crippen LogP contribution < -0.4 is 5.32 Å². The van der Waals surface area contributed by atoms with Crippen molar-refractivity contribution in [1.29, 1.82) is 5.26 Å². The lowest BCUT2D eigenvalue weighted by molar-refractivity contribution is -0.131. The van der Waals surface area contributed by atoms with Crippen molar-refractivity contribution >= 4 is 33.7 Å². The normalized spacial score (nSPS) is 17.0. The number of aromatic nitrogens is 1. The van der Waals surface area contributed by atoms with Crippen molar-refractivity contribution in [3.05, 3.63) is 66.1 Å². The number of nitrogens with one attached hydrogen (secondary N) is 1. The third-order valence-electron chi connectivity index (χ3n) is 6.23. The Bertz CT molecular complexity index is 1520. The number of rotatable bonds is 4. The molecule has 1 aliphatic heterocycles. The van der Waals surface area contributed by atoms with Crippen molar-refractivity contribution in [3.63, 3.8) is 0 Å². The molecule has 176 valence electrons. The molecule has 2 aromatic carbocycles. The van der Waals surface area contributed by atoms with Gasteiger partial charge in [-0.05, 0) is 47.9 Å². The van der Waals surface area contributed by atoms with Gasteiger partial charge < -0.3 is 14.6 Å². The first-order valence-electron chi connectivity index (χ1n) is 11.0. The molecule has 2 aromatic heterocycles. The van der Waals surface area contributed by atoms with E-state index < -0.39 is 43.3 Å². The molecule has 0 unspecified atom stereocenters. The quantitative estimate of drug-likeness (QED) is 0.471. The number of fused-ring (bicyclic) bond motifs is 2. The molecule has 3 heterocycles. The van der Waals surface area contributed by atoms with Crippen molar-refractivity contribution < 1.29 is 22.8 Å². The lowest BCUT2D eigenvalue weighted by atomic mass is 9.99. The third kappa shape index (κ3) is 4.19. The smallest absolute Gasteiger partial charge is 0.268 e. The molecule has 7 nitrogen and oxygen atoms in total. The van der Waals surface area contributed by atoms with E-state index in [2.05, 4.69) is 10.3 Å². The van der Waals surface area contributed by atoms with Gasteiger partial charge in [-0.25, -0.2) is 8.78 Å². The molecule has 0 saturated carbocycles.